The molecule has 0 saturated heterocycles. The van der Waals surface area contributed by atoms with Crippen molar-refractivity contribution in [3.63, 3.8) is 0 Å². The maximum absolute atomic E-state index is 12.3. The van der Waals surface area contributed by atoms with Crippen LogP contribution in [0, 0.1) is 6.92 Å². The zero-order chi connectivity index (χ0) is 18.7. The topological polar surface area (TPSA) is 59.8 Å². The van der Waals surface area contributed by atoms with E-state index in [2.05, 4.69) is 15.4 Å². The van der Waals surface area contributed by atoms with Crippen molar-refractivity contribution in [1.82, 2.24) is 20.1 Å². The summed E-state index contributed by atoms with van der Waals surface area (Å²) in [6, 6.07) is 12.8. The van der Waals surface area contributed by atoms with Crippen molar-refractivity contribution in [3.05, 3.63) is 63.9 Å². The van der Waals surface area contributed by atoms with Gasteiger partial charge in [-0.15, -0.1) is 5.10 Å². The van der Waals surface area contributed by atoms with Gasteiger partial charge in [-0.1, -0.05) is 36.2 Å². The number of nitrogens with one attached hydrogen (secondary N) is 1. The lowest BCUT2D eigenvalue weighted by atomic mass is 10.1. The number of benzene rings is 2. The van der Waals surface area contributed by atoms with Crippen molar-refractivity contribution in [2.24, 2.45) is 0 Å². The molecule has 1 N–H and O–H groups in total. The fourth-order valence-corrected chi connectivity index (χ4v) is 2.80. The minimum absolute atomic E-state index is 0.114. The molecule has 26 heavy (non-hydrogen) atoms. The standard InChI is InChI=1S/C19H18Cl2N4O/c1-3-11-22-19(26)17-23-18(13-7-9-14(20)10-8-13)25(24-17)16-6-4-5-15(21)12(16)2/h4-10H,3,11H2,1-2H3,(H,22,26). The minimum Gasteiger partial charge on any atom is -0.349 e. The van der Waals surface area contributed by atoms with Gasteiger partial charge in [0.05, 0.1) is 5.69 Å². The van der Waals surface area contributed by atoms with Crippen LogP contribution < -0.4 is 5.32 Å². The first-order chi connectivity index (χ1) is 12.5. The normalized spacial score (nSPS) is 10.8. The van der Waals surface area contributed by atoms with E-state index in [0.29, 0.717) is 22.4 Å². The van der Waals surface area contributed by atoms with Crippen LogP contribution in [0.15, 0.2) is 42.5 Å². The molecule has 134 valence electrons. The molecule has 0 radical (unpaired) electrons. The van der Waals surface area contributed by atoms with Crippen LogP contribution >= 0.6 is 23.2 Å². The third-order valence-corrected chi connectivity index (χ3v) is 4.58. The number of nitrogens with zero attached hydrogens (tertiary/aromatic N) is 3. The van der Waals surface area contributed by atoms with E-state index in [0.717, 1.165) is 23.2 Å². The van der Waals surface area contributed by atoms with Crippen molar-refractivity contribution >= 4 is 29.1 Å². The van der Waals surface area contributed by atoms with Gasteiger partial charge in [0, 0.05) is 22.2 Å². The molecule has 3 aromatic rings. The number of aromatic nitrogens is 3. The third kappa shape index (κ3) is 3.74. The van der Waals surface area contributed by atoms with Gasteiger partial charge < -0.3 is 5.32 Å². The quantitative estimate of drug-likeness (QED) is 0.689. The summed E-state index contributed by atoms with van der Waals surface area (Å²) in [4.78, 5) is 16.8. The van der Waals surface area contributed by atoms with Crippen LogP contribution in [0.3, 0.4) is 0 Å². The molecular formula is C19H18Cl2N4O. The zero-order valence-electron chi connectivity index (χ0n) is 14.5. The van der Waals surface area contributed by atoms with Gasteiger partial charge in [0.1, 0.15) is 0 Å². The first-order valence-corrected chi connectivity index (χ1v) is 9.03. The second kappa shape index (κ2) is 7.89. The molecule has 0 bridgehead atoms. The summed E-state index contributed by atoms with van der Waals surface area (Å²) in [6.45, 7) is 4.46. The molecule has 3 rings (SSSR count). The highest BCUT2D eigenvalue weighted by Gasteiger charge is 2.19. The fourth-order valence-electron chi connectivity index (χ4n) is 2.51. The number of halogens is 2. The van der Waals surface area contributed by atoms with E-state index in [9.17, 15) is 4.79 Å². The van der Waals surface area contributed by atoms with E-state index in [1.165, 1.54) is 0 Å². The largest absolute Gasteiger partial charge is 0.349 e. The van der Waals surface area contributed by atoms with Gasteiger partial charge in [-0.2, -0.15) is 0 Å². The Morgan fingerprint density at radius 3 is 2.58 bits per heavy atom. The molecule has 0 aliphatic heterocycles. The molecule has 0 fully saturated rings. The monoisotopic (exact) mass is 388 g/mol. The van der Waals surface area contributed by atoms with Crippen molar-refractivity contribution < 1.29 is 4.79 Å². The summed E-state index contributed by atoms with van der Waals surface area (Å²) in [5.74, 6) is 0.358. The Balaban J connectivity index is 2.14. The highest BCUT2D eigenvalue weighted by Crippen LogP contribution is 2.27. The van der Waals surface area contributed by atoms with Gasteiger partial charge in [-0.05, 0) is 55.3 Å². The Bertz CT molecular complexity index is 935. The molecule has 0 atom stereocenters. The van der Waals surface area contributed by atoms with Crippen molar-refractivity contribution in [3.8, 4) is 17.1 Å². The third-order valence-electron chi connectivity index (χ3n) is 3.92. The van der Waals surface area contributed by atoms with Crippen LogP contribution in [0.1, 0.15) is 29.5 Å². The van der Waals surface area contributed by atoms with Crippen molar-refractivity contribution in [2.45, 2.75) is 20.3 Å². The predicted molar refractivity (Wildman–Crippen MR) is 104 cm³/mol. The number of hydrogen-bond acceptors (Lipinski definition) is 3. The lowest BCUT2D eigenvalue weighted by molar-refractivity contribution is 0.0943. The molecular weight excluding hydrogens is 371 g/mol. The Hall–Kier alpha value is -2.37. The number of carbonyl (C=O) groups is 1. The van der Waals surface area contributed by atoms with Crippen LogP contribution in [0.4, 0.5) is 0 Å². The summed E-state index contributed by atoms with van der Waals surface area (Å²) in [6.07, 6.45) is 0.837. The second-order valence-electron chi connectivity index (χ2n) is 5.82. The van der Waals surface area contributed by atoms with Gasteiger partial charge >= 0.3 is 0 Å². The Labute approximate surface area is 162 Å². The predicted octanol–water partition coefficient (Wildman–Crippen LogP) is 4.69. The van der Waals surface area contributed by atoms with Crippen molar-refractivity contribution in [2.75, 3.05) is 6.54 Å². The minimum atomic E-state index is -0.305. The molecule has 0 aliphatic rings. The van der Waals surface area contributed by atoms with E-state index in [-0.39, 0.29) is 11.7 Å². The summed E-state index contributed by atoms with van der Waals surface area (Å²) in [5.41, 5.74) is 2.43. The zero-order valence-corrected chi connectivity index (χ0v) is 16.0. The van der Waals surface area contributed by atoms with Gasteiger partial charge in [0.2, 0.25) is 5.82 Å². The molecule has 1 amide bonds. The molecule has 0 aliphatic carbocycles. The van der Waals surface area contributed by atoms with Crippen LogP contribution in [0.25, 0.3) is 17.1 Å². The van der Waals surface area contributed by atoms with Crippen LogP contribution in [0.5, 0.6) is 0 Å². The van der Waals surface area contributed by atoms with Crippen LogP contribution in [-0.4, -0.2) is 27.2 Å². The Kier molecular flexibility index (Phi) is 5.59. The van der Waals surface area contributed by atoms with Crippen LogP contribution in [-0.2, 0) is 0 Å². The van der Waals surface area contributed by atoms with E-state index >= 15 is 0 Å². The average molecular weight is 389 g/mol. The van der Waals surface area contributed by atoms with E-state index in [1.807, 2.05) is 44.2 Å². The molecule has 0 spiro atoms. The maximum atomic E-state index is 12.3. The van der Waals surface area contributed by atoms with Gasteiger partial charge in [0.15, 0.2) is 5.82 Å². The first-order valence-electron chi connectivity index (χ1n) is 8.28. The fraction of sp³-hybridized carbons (Fsp3) is 0.211. The van der Waals surface area contributed by atoms with Gasteiger partial charge in [-0.25, -0.2) is 9.67 Å². The SMILES string of the molecule is CCCNC(=O)c1nc(-c2ccc(Cl)cc2)n(-c2cccc(Cl)c2C)n1. The van der Waals surface area contributed by atoms with E-state index in [1.54, 1.807) is 16.8 Å². The highest BCUT2D eigenvalue weighted by molar-refractivity contribution is 6.31. The summed E-state index contributed by atoms with van der Waals surface area (Å²) in [5, 5.41) is 8.49. The molecule has 7 heteroatoms. The molecule has 5 nitrogen and oxygen atoms in total. The second-order valence-corrected chi connectivity index (χ2v) is 6.66. The highest BCUT2D eigenvalue weighted by atomic mass is 35.5. The van der Waals surface area contributed by atoms with Crippen molar-refractivity contribution in [1.29, 1.82) is 0 Å². The summed E-state index contributed by atoms with van der Waals surface area (Å²) < 4.78 is 1.64. The number of carbonyl (C=O) groups excluding carboxylic acids is 1. The summed E-state index contributed by atoms with van der Waals surface area (Å²) in [7, 11) is 0. The Morgan fingerprint density at radius 2 is 1.88 bits per heavy atom. The summed E-state index contributed by atoms with van der Waals surface area (Å²) >= 11 is 12.3. The lowest BCUT2D eigenvalue weighted by Crippen LogP contribution is -2.25. The molecule has 2 aromatic carbocycles. The lowest BCUT2D eigenvalue weighted by Gasteiger charge is -2.10. The van der Waals surface area contributed by atoms with Gasteiger partial charge in [0.25, 0.3) is 5.91 Å². The average Bonchev–Trinajstić information content (AvgIpc) is 3.08. The maximum Gasteiger partial charge on any atom is 0.290 e. The van der Waals surface area contributed by atoms with Crippen LogP contribution in [0.2, 0.25) is 10.0 Å². The number of amides is 1. The first kappa shape index (κ1) is 18.4. The molecule has 0 unspecified atom stereocenters. The number of hydrogen-bond donors (Lipinski definition) is 1. The van der Waals surface area contributed by atoms with E-state index < -0.39 is 0 Å². The molecule has 0 saturated carbocycles. The molecule has 1 aromatic heterocycles. The Morgan fingerprint density at radius 1 is 1.15 bits per heavy atom. The number of rotatable bonds is 5. The van der Waals surface area contributed by atoms with Gasteiger partial charge in [-0.3, -0.25) is 4.79 Å². The molecule has 1 heterocycles. The smallest absolute Gasteiger partial charge is 0.290 e. The van der Waals surface area contributed by atoms with E-state index in [4.69, 9.17) is 23.2 Å².